The summed E-state index contributed by atoms with van der Waals surface area (Å²) in [5, 5.41) is 0. The second-order valence-corrected chi connectivity index (χ2v) is 8.47. The maximum atomic E-state index is 12.7. The number of esters is 2. The Balaban J connectivity index is 5.10. The van der Waals surface area contributed by atoms with Gasteiger partial charge in [-0.05, 0) is 41.0 Å². The van der Waals surface area contributed by atoms with Crippen LogP contribution in [0.1, 0.15) is 47.5 Å². The molecule has 0 aromatic heterocycles. The topological polar surface area (TPSA) is 88.1 Å². The number of ether oxygens (including phenoxy) is 2. The van der Waals surface area contributed by atoms with E-state index >= 15 is 0 Å². The third-order valence-electron chi connectivity index (χ3n) is 2.89. The minimum absolute atomic E-state index is 0.00397. The van der Waals surface area contributed by atoms with Crippen LogP contribution in [0.15, 0.2) is 12.7 Å². The van der Waals surface area contributed by atoms with Gasteiger partial charge in [-0.1, -0.05) is 12.7 Å². The van der Waals surface area contributed by atoms with Gasteiger partial charge in [0.15, 0.2) is 0 Å². The van der Waals surface area contributed by atoms with Crippen LogP contribution in [0.5, 0.6) is 0 Å². The summed E-state index contributed by atoms with van der Waals surface area (Å²) < 4.78 is 33.5. The fourth-order valence-corrected chi connectivity index (χ4v) is 3.93. The summed E-state index contributed by atoms with van der Waals surface area (Å²) in [7, 11) is -3.45. The lowest BCUT2D eigenvalue weighted by atomic mass is 10.1. The van der Waals surface area contributed by atoms with Gasteiger partial charge in [-0.25, -0.2) is 0 Å². The highest BCUT2D eigenvalue weighted by atomic mass is 31.2. The Morgan fingerprint density at radius 1 is 1.16 bits per heavy atom. The zero-order valence-electron chi connectivity index (χ0n) is 15.9. The zero-order valence-corrected chi connectivity index (χ0v) is 16.8. The standard InChI is InChI=1S/C17H31O7P/c1-7-12-21-15(18)11-10-14(16(19)24-17(4,5)6)13-25(20,22-8-2)23-9-3/h7,14H,1,8-13H2,2-6H3. The average Bonchev–Trinajstić information content (AvgIpc) is 2.48. The minimum atomic E-state index is -3.45. The molecule has 7 nitrogen and oxygen atoms in total. The third kappa shape index (κ3) is 11.1. The molecular weight excluding hydrogens is 347 g/mol. The molecule has 0 aromatic carbocycles. The molecule has 0 bridgehead atoms. The van der Waals surface area contributed by atoms with E-state index in [2.05, 4.69) is 6.58 Å². The van der Waals surface area contributed by atoms with Gasteiger partial charge in [0.1, 0.15) is 12.2 Å². The van der Waals surface area contributed by atoms with Gasteiger partial charge in [0.2, 0.25) is 0 Å². The number of carbonyl (C=O) groups excluding carboxylic acids is 2. The highest BCUT2D eigenvalue weighted by Crippen LogP contribution is 2.50. The Morgan fingerprint density at radius 3 is 2.16 bits per heavy atom. The Kier molecular flexibility index (Phi) is 10.9. The van der Waals surface area contributed by atoms with E-state index in [1.54, 1.807) is 34.6 Å². The van der Waals surface area contributed by atoms with Gasteiger partial charge in [-0.15, -0.1) is 0 Å². The molecule has 0 rings (SSSR count). The zero-order chi connectivity index (χ0) is 19.5. The maximum Gasteiger partial charge on any atom is 0.331 e. The second kappa shape index (κ2) is 11.4. The van der Waals surface area contributed by atoms with Crippen molar-refractivity contribution >= 4 is 19.5 Å². The van der Waals surface area contributed by atoms with Crippen LogP contribution in [0, 0.1) is 5.92 Å². The number of hydrogen-bond acceptors (Lipinski definition) is 7. The molecule has 0 aromatic rings. The van der Waals surface area contributed by atoms with Gasteiger partial charge >= 0.3 is 19.5 Å². The summed E-state index contributed by atoms with van der Waals surface area (Å²) in [5.74, 6) is -1.79. The Morgan fingerprint density at radius 2 is 1.72 bits per heavy atom. The van der Waals surface area contributed by atoms with Crippen LogP contribution >= 0.6 is 7.60 Å². The summed E-state index contributed by atoms with van der Waals surface area (Å²) >= 11 is 0. The van der Waals surface area contributed by atoms with Crippen molar-refractivity contribution in [3.8, 4) is 0 Å². The molecule has 0 saturated carbocycles. The highest BCUT2D eigenvalue weighted by molar-refractivity contribution is 7.53. The molecule has 8 heteroatoms. The Bertz CT molecular complexity index is 472. The first-order valence-corrected chi connectivity index (χ1v) is 10.2. The van der Waals surface area contributed by atoms with E-state index in [-0.39, 0.29) is 38.8 Å². The van der Waals surface area contributed by atoms with Crippen LogP contribution in [0.25, 0.3) is 0 Å². The van der Waals surface area contributed by atoms with Crippen molar-refractivity contribution < 1.29 is 32.7 Å². The van der Waals surface area contributed by atoms with Gasteiger partial charge < -0.3 is 18.5 Å². The Labute approximate surface area is 150 Å². The monoisotopic (exact) mass is 378 g/mol. The van der Waals surface area contributed by atoms with E-state index in [0.29, 0.717) is 0 Å². The summed E-state index contributed by atoms with van der Waals surface area (Å²) in [6.45, 7) is 12.6. The summed E-state index contributed by atoms with van der Waals surface area (Å²) in [6, 6.07) is 0. The van der Waals surface area contributed by atoms with Gasteiger partial charge in [0.25, 0.3) is 0 Å². The molecule has 0 aliphatic carbocycles. The molecule has 0 spiro atoms. The van der Waals surface area contributed by atoms with Crippen molar-refractivity contribution in [2.75, 3.05) is 26.0 Å². The molecule has 0 fully saturated rings. The van der Waals surface area contributed by atoms with Crippen LogP contribution in [-0.4, -0.2) is 43.5 Å². The average molecular weight is 378 g/mol. The van der Waals surface area contributed by atoms with Gasteiger partial charge in [0, 0.05) is 6.42 Å². The van der Waals surface area contributed by atoms with Crippen molar-refractivity contribution in [2.45, 2.75) is 53.1 Å². The van der Waals surface area contributed by atoms with Crippen LogP contribution < -0.4 is 0 Å². The van der Waals surface area contributed by atoms with E-state index in [4.69, 9.17) is 18.5 Å². The number of rotatable bonds is 12. The molecular formula is C17H31O7P. The van der Waals surface area contributed by atoms with Crippen molar-refractivity contribution in [1.82, 2.24) is 0 Å². The van der Waals surface area contributed by atoms with E-state index in [0.717, 1.165) is 0 Å². The molecule has 0 aliphatic heterocycles. The first-order chi connectivity index (χ1) is 11.6. The molecule has 0 radical (unpaired) electrons. The van der Waals surface area contributed by atoms with Gasteiger partial charge in [-0.3, -0.25) is 14.2 Å². The fourth-order valence-electron chi connectivity index (χ4n) is 1.99. The lowest BCUT2D eigenvalue weighted by Crippen LogP contribution is -2.31. The van der Waals surface area contributed by atoms with Crippen molar-refractivity contribution in [3.63, 3.8) is 0 Å². The van der Waals surface area contributed by atoms with Crippen molar-refractivity contribution in [2.24, 2.45) is 5.92 Å². The maximum absolute atomic E-state index is 12.7. The molecule has 0 amide bonds. The molecule has 0 aliphatic rings. The normalized spacial score (nSPS) is 13.2. The van der Waals surface area contributed by atoms with E-state index in [1.807, 2.05) is 0 Å². The lowest BCUT2D eigenvalue weighted by molar-refractivity contribution is -0.159. The summed E-state index contributed by atoms with van der Waals surface area (Å²) in [4.78, 5) is 24.1. The summed E-state index contributed by atoms with van der Waals surface area (Å²) in [5.41, 5.74) is -0.695. The number of carbonyl (C=O) groups is 2. The highest BCUT2D eigenvalue weighted by Gasteiger charge is 2.35. The van der Waals surface area contributed by atoms with Gasteiger partial charge in [0.05, 0.1) is 25.3 Å². The third-order valence-corrected chi connectivity index (χ3v) is 5.09. The molecule has 25 heavy (non-hydrogen) atoms. The first-order valence-electron chi connectivity index (χ1n) is 8.44. The molecule has 0 heterocycles. The summed E-state index contributed by atoms with van der Waals surface area (Å²) in [6.07, 6.45) is 1.45. The van der Waals surface area contributed by atoms with Crippen LogP contribution in [0.2, 0.25) is 0 Å². The SMILES string of the molecule is C=CCOC(=O)CCC(CP(=O)(OCC)OCC)C(=O)OC(C)(C)C. The predicted molar refractivity (Wildman–Crippen MR) is 95.5 cm³/mol. The van der Waals surface area contributed by atoms with E-state index in [1.165, 1.54) is 6.08 Å². The van der Waals surface area contributed by atoms with Crippen LogP contribution in [-0.2, 0) is 32.7 Å². The predicted octanol–water partition coefficient (Wildman–Crippen LogP) is 3.72. The molecule has 0 saturated heterocycles. The largest absolute Gasteiger partial charge is 0.461 e. The molecule has 1 atom stereocenters. The number of hydrogen-bond donors (Lipinski definition) is 0. The lowest BCUT2D eigenvalue weighted by Gasteiger charge is -2.26. The molecule has 1 unspecified atom stereocenters. The quantitative estimate of drug-likeness (QED) is 0.290. The molecule has 0 N–H and O–H groups in total. The molecule has 146 valence electrons. The smallest absolute Gasteiger partial charge is 0.331 e. The van der Waals surface area contributed by atoms with Crippen molar-refractivity contribution in [1.29, 1.82) is 0 Å². The van der Waals surface area contributed by atoms with E-state index < -0.39 is 31.1 Å². The fraction of sp³-hybridized carbons (Fsp3) is 0.765. The van der Waals surface area contributed by atoms with Crippen molar-refractivity contribution in [3.05, 3.63) is 12.7 Å². The Hall–Kier alpha value is -1.17. The second-order valence-electron chi connectivity index (χ2n) is 6.37. The first kappa shape index (κ1) is 23.8. The minimum Gasteiger partial charge on any atom is -0.461 e. The van der Waals surface area contributed by atoms with E-state index in [9.17, 15) is 14.2 Å². The van der Waals surface area contributed by atoms with Crippen LogP contribution in [0.3, 0.4) is 0 Å². The van der Waals surface area contributed by atoms with Gasteiger partial charge in [-0.2, -0.15) is 0 Å². The van der Waals surface area contributed by atoms with Crippen LogP contribution in [0.4, 0.5) is 0 Å².